The van der Waals surface area contributed by atoms with Crippen molar-refractivity contribution in [2.24, 2.45) is 5.92 Å². The molecule has 2 atom stereocenters. The van der Waals surface area contributed by atoms with Gasteiger partial charge in [0.2, 0.25) is 10.0 Å². The van der Waals surface area contributed by atoms with Crippen LogP contribution in [0.25, 0.3) is 0 Å². The molecule has 0 aliphatic heterocycles. The van der Waals surface area contributed by atoms with Crippen molar-refractivity contribution in [1.82, 2.24) is 4.72 Å². The molecule has 0 radical (unpaired) electrons. The molecule has 0 unspecified atom stereocenters. The first-order chi connectivity index (χ1) is 10.00. The van der Waals surface area contributed by atoms with E-state index in [1.54, 1.807) is 19.2 Å². The first-order valence-corrected chi connectivity index (χ1v) is 8.87. The summed E-state index contributed by atoms with van der Waals surface area (Å²) in [6.07, 6.45) is 2.25. The highest BCUT2D eigenvalue weighted by Crippen LogP contribution is 2.24. The van der Waals surface area contributed by atoms with Gasteiger partial charge in [-0.1, -0.05) is 30.7 Å². The minimum Gasteiger partial charge on any atom is -0.393 e. The van der Waals surface area contributed by atoms with E-state index >= 15 is 0 Å². The molecule has 2 rings (SSSR count). The maximum atomic E-state index is 12.1. The number of nitrogens with one attached hydrogen (secondary N) is 1. The second-order valence-electron chi connectivity index (χ2n) is 5.62. The molecule has 5 nitrogen and oxygen atoms in total. The third-order valence-corrected chi connectivity index (χ3v) is 5.19. The summed E-state index contributed by atoms with van der Waals surface area (Å²) in [5.41, 5.74) is 1.76. The van der Waals surface area contributed by atoms with Crippen LogP contribution in [0.3, 0.4) is 0 Å². The standard InChI is InChI=1S/C15H23NO4S/c1-20-10-12-5-7-13(8-6-12)11-21(18,19)16-9-14-3-2-4-15(14)17/h5-8,14-17H,2-4,9-11H2,1H3/t14-,15+/m0/s1. The second kappa shape index (κ2) is 7.35. The van der Waals surface area contributed by atoms with Crippen LogP contribution in [0.5, 0.6) is 0 Å². The lowest BCUT2D eigenvalue weighted by Crippen LogP contribution is -2.33. The molecule has 1 aromatic rings. The summed E-state index contributed by atoms with van der Waals surface area (Å²) in [4.78, 5) is 0. The molecule has 21 heavy (non-hydrogen) atoms. The van der Waals surface area contributed by atoms with Crippen molar-refractivity contribution in [2.75, 3.05) is 13.7 Å². The maximum Gasteiger partial charge on any atom is 0.215 e. The van der Waals surface area contributed by atoms with Gasteiger partial charge in [-0.3, -0.25) is 0 Å². The fourth-order valence-electron chi connectivity index (χ4n) is 2.66. The third-order valence-electron chi connectivity index (χ3n) is 3.88. The van der Waals surface area contributed by atoms with Crippen molar-refractivity contribution in [3.63, 3.8) is 0 Å². The Morgan fingerprint density at radius 1 is 1.24 bits per heavy atom. The van der Waals surface area contributed by atoms with Crippen LogP contribution in [0.2, 0.25) is 0 Å². The lowest BCUT2D eigenvalue weighted by Gasteiger charge is -2.15. The van der Waals surface area contributed by atoms with E-state index in [0.29, 0.717) is 13.2 Å². The van der Waals surface area contributed by atoms with Crippen LogP contribution in [-0.2, 0) is 27.1 Å². The smallest absolute Gasteiger partial charge is 0.215 e. The highest BCUT2D eigenvalue weighted by molar-refractivity contribution is 7.88. The number of aliphatic hydroxyl groups is 1. The van der Waals surface area contributed by atoms with Crippen LogP contribution < -0.4 is 4.72 Å². The Labute approximate surface area is 126 Å². The maximum absolute atomic E-state index is 12.1. The first-order valence-electron chi connectivity index (χ1n) is 7.22. The van der Waals surface area contributed by atoms with Crippen molar-refractivity contribution in [3.8, 4) is 0 Å². The molecular weight excluding hydrogens is 290 g/mol. The van der Waals surface area contributed by atoms with Crippen LogP contribution >= 0.6 is 0 Å². The van der Waals surface area contributed by atoms with Crippen LogP contribution in [0.4, 0.5) is 0 Å². The Hall–Kier alpha value is -0.950. The van der Waals surface area contributed by atoms with E-state index in [0.717, 1.165) is 30.4 Å². The van der Waals surface area contributed by atoms with Crippen LogP contribution in [-0.4, -0.2) is 33.3 Å². The molecule has 1 aliphatic carbocycles. The lowest BCUT2D eigenvalue weighted by molar-refractivity contribution is 0.134. The van der Waals surface area contributed by atoms with E-state index in [-0.39, 0.29) is 17.8 Å². The van der Waals surface area contributed by atoms with Gasteiger partial charge in [-0.15, -0.1) is 0 Å². The van der Waals surface area contributed by atoms with Crippen molar-refractivity contribution in [1.29, 1.82) is 0 Å². The summed E-state index contributed by atoms with van der Waals surface area (Å²) in [6, 6.07) is 7.35. The van der Waals surface area contributed by atoms with Gasteiger partial charge in [0.1, 0.15) is 0 Å². The number of sulfonamides is 1. The molecule has 0 heterocycles. The predicted octanol–water partition coefficient (Wildman–Crippen LogP) is 1.41. The quantitative estimate of drug-likeness (QED) is 0.798. The highest BCUT2D eigenvalue weighted by Gasteiger charge is 2.26. The largest absolute Gasteiger partial charge is 0.393 e. The van der Waals surface area contributed by atoms with E-state index in [1.165, 1.54) is 0 Å². The van der Waals surface area contributed by atoms with Crippen molar-refractivity contribution in [2.45, 2.75) is 37.7 Å². The summed E-state index contributed by atoms with van der Waals surface area (Å²) in [7, 11) is -1.74. The zero-order valence-electron chi connectivity index (χ0n) is 12.3. The van der Waals surface area contributed by atoms with Gasteiger partial charge in [-0.05, 0) is 29.9 Å². The van der Waals surface area contributed by atoms with E-state index < -0.39 is 10.0 Å². The Morgan fingerprint density at radius 2 is 1.90 bits per heavy atom. The Balaban J connectivity index is 1.87. The number of benzene rings is 1. The van der Waals surface area contributed by atoms with Crippen LogP contribution in [0, 0.1) is 5.92 Å². The highest BCUT2D eigenvalue weighted by atomic mass is 32.2. The molecule has 0 spiro atoms. The number of ether oxygens (including phenoxy) is 1. The minimum absolute atomic E-state index is 0.0386. The van der Waals surface area contributed by atoms with Gasteiger partial charge < -0.3 is 9.84 Å². The zero-order chi connectivity index (χ0) is 15.3. The number of hydrogen-bond donors (Lipinski definition) is 2. The molecule has 0 saturated heterocycles. The van der Waals surface area contributed by atoms with Gasteiger partial charge in [0.05, 0.1) is 18.5 Å². The lowest BCUT2D eigenvalue weighted by atomic mass is 10.1. The fraction of sp³-hybridized carbons (Fsp3) is 0.600. The average Bonchev–Trinajstić information content (AvgIpc) is 2.84. The predicted molar refractivity (Wildman–Crippen MR) is 81.1 cm³/mol. The van der Waals surface area contributed by atoms with Crippen molar-refractivity contribution in [3.05, 3.63) is 35.4 Å². The first kappa shape index (κ1) is 16.4. The van der Waals surface area contributed by atoms with E-state index in [2.05, 4.69) is 4.72 Å². The second-order valence-corrected chi connectivity index (χ2v) is 7.42. The van der Waals surface area contributed by atoms with Gasteiger partial charge >= 0.3 is 0 Å². The zero-order valence-corrected chi connectivity index (χ0v) is 13.1. The normalized spacial score (nSPS) is 22.6. The molecule has 1 fully saturated rings. The third kappa shape index (κ3) is 5.07. The molecule has 118 valence electrons. The summed E-state index contributed by atoms with van der Waals surface area (Å²) in [5.74, 6) is 0.00662. The van der Waals surface area contributed by atoms with Gasteiger partial charge in [0.15, 0.2) is 0 Å². The summed E-state index contributed by atoms with van der Waals surface area (Å²) in [6.45, 7) is 0.843. The van der Waals surface area contributed by atoms with Gasteiger partial charge in [0, 0.05) is 13.7 Å². The molecule has 0 amide bonds. The minimum atomic E-state index is -3.36. The van der Waals surface area contributed by atoms with E-state index in [1.807, 2.05) is 12.1 Å². The SMILES string of the molecule is COCc1ccc(CS(=O)(=O)NC[C@@H]2CCC[C@H]2O)cc1. The molecule has 0 aromatic heterocycles. The summed E-state index contributed by atoms with van der Waals surface area (Å²) < 4.78 is 31.7. The molecule has 2 N–H and O–H groups in total. The number of methoxy groups -OCH3 is 1. The Bertz CT molecular complexity index is 541. The Kier molecular flexibility index (Phi) is 5.75. The molecule has 6 heteroatoms. The topological polar surface area (TPSA) is 75.6 Å². The number of hydrogen-bond acceptors (Lipinski definition) is 4. The van der Waals surface area contributed by atoms with E-state index in [4.69, 9.17) is 4.74 Å². The molecular formula is C15H23NO4S. The molecule has 1 aromatic carbocycles. The molecule has 1 saturated carbocycles. The molecule has 1 aliphatic rings. The van der Waals surface area contributed by atoms with Crippen molar-refractivity contribution < 1.29 is 18.3 Å². The van der Waals surface area contributed by atoms with Gasteiger partial charge in [-0.25, -0.2) is 13.1 Å². The van der Waals surface area contributed by atoms with Gasteiger partial charge in [0.25, 0.3) is 0 Å². The number of rotatable bonds is 7. The average molecular weight is 313 g/mol. The van der Waals surface area contributed by atoms with E-state index in [9.17, 15) is 13.5 Å². The van der Waals surface area contributed by atoms with Crippen molar-refractivity contribution >= 4 is 10.0 Å². The fourth-order valence-corrected chi connectivity index (χ4v) is 3.86. The van der Waals surface area contributed by atoms with Crippen LogP contribution in [0.1, 0.15) is 30.4 Å². The monoisotopic (exact) mass is 313 g/mol. The summed E-state index contributed by atoms with van der Waals surface area (Å²) in [5, 5.41) is 9.71. The number of aliphatic hydroxyl groups excluding tert-OH is 1. The molecule has 0 bridgehead atoms. The Morgan fingerprint density at radius 3 is 2.48 bits per heavy atom. The van der Waals surface area contributed by atoms with Gasteiger partial charge in [-0.2, -0.15) is 0 Å². The summed E-state index contributed by atoms with van der Waals surface area (Å²) >= 11 is 0. The van der Waals surface area contributed by atoms with Crippen LogP contribution in [0.15, 0.2) is 24.3 Å².